The molecule has 1 spiro atoms. The van der Waals surface area contributed by atoms with Gasteiger partial charge in [-0.2, -0.15) is 0 Å². The molecule has 0 saturated heterocycles. The third kappa shape index (κ3) is 4.87. The van der Waals surface area contributed by atoms with Crippen molar-refractivity contribution >= 4 is 23.0 Å². The van der Waals surface area contributed by atoms with E-state index in [2.05, 4.69) is 105 Å². The molecule has 1 unspecified atom stereocenters. The summed E-state index contributed by atoms with van der Waals surface area (Å²) in [5.74, 6) is -0.239. The van der Waals surface area contributed by atoms with E-state index in [1.165, 1.54) is 48.2 Å². The molecular weight excluding hydrogens is 506 g/mol. The van der Waals surface area contributed by atoms with Gasteiger partial charge in [0.05, 0.1) is 5.56 Å². The maximum atomic E-state index is 13.6. The van der Waals surface area contributed by atoms with E-state index in [1.807, 2.05) is 6.07 Å². The molecule has 1 aliphatic heterocycles. The molecule has 0 radical (unpaired) electrons. The highest BCUT2D eigenvalue weighted by Gasteiger charge is 2.54. The Morgan fingerprint density at radius 2 is 0.951 bits per heavy atom. The van der Waals surface area contributed by atoms with Crippen LogP contribution in [0, 0.1) is 0 Å². The van der Waals surface area contributed by atoms with E-state index in [4.69, 9.17) is 4.74 Å². The van der Waals surface area contributed by atoms with Crippen molar-refractivity contribution in [1.82, 2.24) is 0 Å². The van der Waals surface area contributed by atoms with Crippen LogP contribution < -0.4 is 14.7 Å². The third-order valence-electron chi connectivity index (χ3n) is 9.09. The van der Waals surface area contributed by atoms with Crippen LogP contribution in [0.3, 0.4) is 0 Å². The third-order valence-corrected chi connectivity index (χ3v) is 9.09. The number of ether oxygens (including phenoxy) is 1. The van der Waals surface area contributed by atoms with Gasteiger partial charge in [-0.15, -0.1) is 0 Å². The van der Waals surface area contributed by atoms with Crippen LogP contribution in [-0.4, -0.2) is 45.2 Å². The zero-order chi connectivity index (χ0) is 29.1. The summed E-state index contributed by atoms with van der Waals surface area (Å²) in [5.41, 5.74) is 8.73. The predicted octanol–water partition coefficient (Wildman–Crippen LogP) is 8.23. The Bertz CT molecular complexity index is 1380. The number of hydrogen-bond donors (Lipinski definition) is 0. The highest BCUT2D eigenvalue weighted by Crippen LogP contribution is 2.58. The summed E-state index contributed by atoms with van der Waals surface area (Å²) in [6.07, 6.45) is 4.70. The number of benzene rings is 3. The fourth-order valence-electron chi connectivity index (χ4n) is 6.76. The molecule has 0 fully saturated rings. The van der Waals surface area contributed by atoms with Gasteiger partial charge in [0.1, 0.15) is 0 Å². The first kappa shape index (κ1) is 29.0. The van der Waals surface area contributed by atoms with Crippen LogP contribution in [0.25, 0.3) is 11.1 Å². The van der Waals surface area contributed by atoms with E-state index in [9.17, 15) is 4.79 Å². The molecule has 41 heavy (non-hydrogen) atoms. The van der Waals surface area contributed by atoms with Crippen molar-refractivity contribution in [2.24, 2.45) is 0 Å². The minimum absolute atomic E-state index is 0.239. The zero-order valence-electron chi connectivity index (χ0n) is 25.9. The number of carbonyl (C=O) groups excluding carboxylic acids is 1. The van der Waals surface area contributed by atoms with Gasteiger partial charge in [0.15, 0.2) is 5.60 Å². The number of unbranched alkanes of at least 4 members (excludes halogenated alkanes) is 2. The number of hydrogen-bond acceptors (Lipinski definition) is 5. The first-order valence-corrected chi connectivity index (χ1v) is 15.9. The molecule has 1 heterocycles. The van der Waals surface area contributed by atoms with Gasteiger partial charge in [0.25, 0.3) is 0 Å². The van der Waals surface area contributed by atoms with Crippen molar-refractivity contribution in [3.63, 3.8) is 0 Å². The van der Waals surface area contributed by atoms with E-state index in [-0.39, 0.29) is 5.97 Å². The van der Waals surface area contributed by atoms with Crippen LogP contribution in [0.1, 0.15) is 94.3 Å². The Morgan fingerprint density at radius 1 is 0.561 bits per heavy atom. The van der Waals surface area contributed by atoms with E-state index in [1.54, 1.807) is 0 Å². The monoisotopic (exact) mass is 553 g/mol. The van der Waals surface area contributed by atoms with E-state index < -0.39 is 5.60 Å². The van der Waals surface area contributed by atoms with Crippen molar-refractivity contribution in [3.8, 4) is 11.1 Å². The van der Waals surface area contributed by atoms with E-state index in [0.29, 0.717) is 5.56 Å². The molecule has 0 amide bonds. The van der Waals surface area contributed by atoms with Gasteiger partial charge in [-0.05, 0) is 88.1 Å². The summed E-state index contributed by atoms with van der Waals surface area (Å²) in [6.45, 7) is 19.0. The number of esters is 1. The highest BCUT2D eigenvalue weighted by molar-refractivity contribution is 6.00. The van der Waals surface area contributed by atoms with Gasteiger partial charge >= 0.3 is 5.97 Å². The summed E-state index contributed by atoms with van der Waals surface area (Å²) in [4.78, 5) is 20.8. The van der Waals surface area contributed by atoms with Gasteiger partial charge < -0.3 is 19.4 Å². The van der Waals surface area contributed by atoms with Crippen LogP contribution in [0.4, 0.5) is 17.1 Å². The van der Waals surface area contributed by atoms with Gasteiger partial charge in [-0.25, -0.2) is 4.79 Å². The molecule has 2 aliphatic rings. The lowest BCUT2D eigenvalue weighted by atomic mass is 9.83. The fourth-order valence-corrected chi connectivity index (χ4v) is 6.76. The molecule has 218 valence electrons. The lowest BCUT2D eigenvalue weighted by Crippen LogP contribution is -2.28. The van der Waals surface area contributed by atoms with Crippen molar-refractivity contribution < 1.29 is 9.53 Å². The maximum Gasteiger partial charge on any atom is 0.340 e. The average Bonchev–Trinajstić information content (AvgIpc) is 3.45. The number of rotatable bonds is 13. The molecule has 5 rings (SSSR count). The summed E-state index contributed by atoms with van der Waals surface area (Å²) in [7, 11) is 0. The largest absolute Gasteiger partial charge is 0.441 e. The Labute approximate surface area is 247 Å². The van der Waals surface area contributed by atoms with Crippen LogP contribution in [-0.2, 0) is 10.3 Å². The van der Waals surface area contributed by atoms with Crippen molar-refractivity contribution in [2.75, 3.05) is 54.0 Å². The Hall–Kier alpha value is -3.47. The molecule has 3 aromatic carbocycles. The fraction of sp³-hybridized carbons (Fsp3) is 0.472. The zero-order valence-corrected chi connectivity index (χ0v) is 25.9. The highest BCUT2D eigenvalue weighted by atomic mass is 16.6. The number of nitrogens with zero attached hydrogens (tertiary/aromatic N) is 3. The maximum absolute atomic E-state index is 13.6. The second kappa shape index (κ2) is 12.2. The summed E-state index contributed by atoms with van der Waals surface area (Å²) in [6, 6.07) is 19.9. The molecule has 3 aromatic rings. The van der Waals surface area contributed by atoms with Crippen molar-refractivity contribution in [2.45, 2.75) is 72.8 Å². The SMILES string of the molecule is CCCCN(CCCC)c1ccc2c(c1)-c1cc(N(CC)CC)ccc1C21OC(=O)c2cc(N(CC)CC)ccc21. The van der Waals surface area contributed by atoms with Gasteiger partial charge in [-0.3, -0.25) is 0 Å². The summed E-state index contributed by atoms with van der Waals surface area (Å²) >= 11 is 0. The molecule has 5 heteroatoms. The Morgan fingerprint density at radius 3 is 1.37 bits per heavy atom. The van der Waals surface area contributed by atoms with Crippen molar-refractivity contribution in [1.29, 1.82) is 0 Å². The van der Waals surface area contributed by atoms with Crippen LogP contribution in [0.5, 0.6) is 0 Å². The average molecular weight is 554 g/mol. The number of anilines is 3. The molecule has 0 saturated carbocycles. The Balaban J connectivity index is 1.71. The first-order chi connectivity index (χ1) is 20.0. The van der Waals surface area contributed by atoms with Crippen molar-refractivity contribution in [3.05, 3.63) is 76.9 Å². The molecule has 1 aliphatic carbocycles. The second-order valence-electron chi connectivity index (χ2n) is 11.3. The van der Waals surface area contributed by atoms with Crippen LogP contribution in [0.15, 0.2) is 54.6 Å². The molecule has 5 nitrogen and oxygen atoms in total. The standard InChI is InChI=1S/C36H47N3O2/c1-7-13-21-39(22-14-8-2)28-17-19-33-30(24-28)29-23-26(37(9-3)10-4)15-18-32(29)36(33)34-20-16-27(38(11-5)12-6)25-31(34)35(40)41-36/h15-20,23-25H,7-14,21-22H2,1-6H3. The minimum atomic E-state index is -0.920. The van der Waals surface area contributed by atoms with Gasteiger partial charge in [0, 0.05) is 73.0 Å². The molecule has 0 N–H and O–H groups in total. The normalized spacial score (nSPS) is 16.4. The predicted molar refractivity (Wildman–Crippen MR) is 173 cm³/mol. The second-order valence-corrected chi connectivity index (χ2v) is 11.3. The topological polar surface area (TPSA) is 36.0 Å². The summed E-state index contributed by atoms with van der Waals surface area (Å²) < 4.78 is 6.53. The van der Waals surface area contributed by atoms with Gasteiger partial charge in [0.2, 0.25) is 0 Å². The number of carbonyl (C=O) groups is 1. The van der Waals surface area contributed by atoms with E-state index in [0.717, 1.165) is 61.6 Å². The van der Waals surface area contributed by atoms with Gasteiger partial charge in [-0.1, -0.05) is 44.9 Å². The molecule has 0 aromatic heterocycles. The smallest absolute Gasteiger partial charge is 0.340 e. The molecule has 0 bridgehead atoms. The number of fused-ring (bicyclic) bond motifs is 7. The van der Waals surface area contributed by atoms with Crippen LogP contribution in [0.2, 0.25) is 0 Å². The Kier molecular flexibility index (Phi) is 8.63. The molecular formula is C36H47N3O2. The lowest BCUT2D eigenvalue weighted by molar-refractivity contribution is 0.0264. The van der Waals surface area contributed by atoms with Crippen LogP contribution >= 0.6 is 0 Å². The first-order valence-electron chi connectivity index (χ1n) is 15.9. The quantitative estimate of drug-likeness (QED) is 0.199. The summed E-state index contributed by atoms with van der Waals surface area (Å²) in [5, 5.41) is 0. The van der Waals surface area contributed by atoms with E-state index >= 15 is 0 Å². The molecule has 1 atom stereocenters. The lowest BCUT2D eigenvalue weighted by Gasteiger charge is -2.29. The minimum Gasteiger partial charge on any atom is -0.441 e.